The third-order valence-corrected chi connectivity index (χ3v) is 3.40. The Kier molecular flexibility index (Phi) is 1.91. The second-order valence-electron chi connectivity index (χ2n) is 4.31. The van der Waals surface area contributed by atoms with E-state index in [1.165, 1.54) is 16.7 Å². The Morgan fingerprint density at radius 3 is 2.79 bits per heavy atom. The molecule has 0 saturated carbocycles. The molecule has 1 aliphatic rings. The van der Waals surface area contributed by atoms with Crippen LogP contribution in [0.25, 0.3) is 0 Å². The van der Waals surface area contributed by atoms with Gasteiger partial charge < -0.3 is 4.74 Å². The lowest BCUT2D eigenvalue weighted by molar-refractivity contribution is 0.407. The fourth-order valence-electron chi connectivity index (χ4n) is 2.10. The molecule has 0 fully saturated rings. The molecule has 2 rings (SSSR count). The van der Waals surface area contributed by atoms with Gasteiger partial charge in [-0.25, -0.2) is 0 Å². The number of rotatable bonds is 2. The molecule has 74 valence electrons. The van der Waals surface area contributed by atoms with Gasteiger partial charge in [0.2, 0.25) is 0 Å². The SMILES string of the molecule is C=C(C)C1(C)Cc2ccc(OC)cc21. The summed E-state index contributed by atoms with van der Waals surface area (Å²) in [6, 6.07) is 6.31. The topological polar surface area (TPSA) is 9.23 Å². The summed E-state index contributed by atoms with van der Waals surface area (Å²) in [4.78, 5) is 0. The van der Waals surface area contributed by atoms with Crippen LogP contribution in [0.5, 0.6) is 5.75 Å². The monoisotopic (exact) mass is 188 g/mol. The first-order valence-corrected chi connectivity index (χ1v) is 4.91. The smallest absolute Gasteiger partial charge is 0.119 e. The molecule has 1 aliphatic carbocycles. The molecule has 0 bridgehead atoms. The molecule has 1 heteroatoms. The zero-order chi connectivity index (χ0) is 10.3. The number of hydrogen-bond donors (Lipinski definition) is 0. The average Bonchev–Trinajstić information content (AvgIpc) is 2.16. The van der Waals surface area contributed by atoms with E-state index >= 15 is 0 Å². The zero-order valence-corrected chi connectivity index (χ0v) is 9.05. The van der Waals surface area contributed by atoms with Crippen molar-refractivity contribution in [2.75, 3.05) is 7.11 Å². The van der Waals surface area contributed by atoms with Crippen molar-refractivity contribution in [3.05, 3.63) is 41.5 Å². The zero-order valence-electron chi connectivity index (χ0n) is 9.05. The molecule has 0 N–H and O–H groups in total. The maximum atomic E-state index is 5.23. The first-order chi connectivity index (χ1) is 6.58. The molecule has 1 unspecified atom stereocenters. The van der Waals surface area contributed by atoms with Gasteiger partial charge in [0.25, 0.3) is 0 Å². The fourth-order valence-corrected chi connectivity index (χ4v) is 2.10. The summed E-state index contributed by atoms with van der Waals surface area (Å²) < 4.78 is 5.23. The van der Waals surface area contributed by atoms with Crippen LogP contribution < -0.4 is 4.74 Å². The quantitative estimate of drug-likeness (QED) is 0.648. The summed E-state index contributed by atoms with van der Waals surface area (Å²) >= 11 is 0. The second-order valence-corrected chi connectivity index (χ2v) is 4.31. The molecule has 0 radical (unpaired) electrons. The number of hydrogen-bond acceptors (Lipinski definition) is 1. The maximum Gasteiger partial charge on any atom is 0.119 e. The Morgan fingerprint density at radius 1 is 1.50 bits per heavy atom. The van der Waals surface area contributed by atoms with Gasteiger partial charge in [-0.15, -0.1) is 0 Å². The van der Waals surface area contributed by atoms with E-state index in [2.05, 4.69) is 32.6 Å². The van der Waals surface area contributed by atoms with E-state index in [0.717, 1.165) is 12.2 Å². The van der Waals surface area contributed by atoms with Crippen LogP contribution >= 0.6 is 0 Å². The predicted octanol–water partition coefficient (Wildman–Crippen LogP) is 3.09. The highest BCUT2D eigenvalue weighted by Crippen LogP contribution is 2.46. The third kappa shape index (κ3) is 1.08. The minimum atomic E-state index is 0.171. The summed E-state index contributed by atoms with van der Waals surface area (Å²) in [5, 5.41) is 0. The van der Waals surface area contributed by atoms with E-state index in [4.69, 9.17) is 4.74 Å². The first kappa shape index (κ1) is 9.32. The Hall–Kier alpha value is -1.24. The summed E-state index contributed by atoms with van der Waals surface area (Å²) in [5.41, 5.74) is 4.21. The van der Waals surface area contributed by atoms with Crippen molar-refractivity contribution < 1.29 is 4.74 Å². The molecule has 0 aliphatic heterocycles. The number of allylic oxidation sites excluding steroid dienone is 1. The molecule has 14 heavy (non-hydrogen) atoms. The van der Waals surface area contributed by atoms with E-state index in [0.29, 0.717) is 0 Å². The highest BCUT2D eigenvalue weighted by atomic mass is 16.5. The van der Waals surface area contributed by atoms with Gasteiger partial charge in [0, 0.05) is 5.41 Å². The van der Waals surface area contributed by atoms with E-state index in [1.807, 2.05) is 6.07 Å². The van der Waals surface area contributed by atoms with Crippen molar-refractivity contribution in [2.45, 2.75) is 25.7 Å². The van der Waals surface area contributed by atoms with E-state index < -0.39 is 0 Å². The number of methoxy groups -OCH3 is 1. The summed E-state index contributed by atoms with van der Waals surface area (Å²) in [6.45, 7) is 8.41. The predicted molar refractivity (Wildman–Crippen MR) is 58.9 cm³/mol. The Labute approximate surface area is 85.4 Å². The lowest BCUT2D eigenvalue weighted by Crippen LogP contribution is -2.36. The highest BCUT2D eigenvalue weighted by Gasteiger charge is 2.38. The molecule has 0 spiro atoms. The summed E-state index contributed by atoms with van der Waals surface area (Å²) in [7, 11) is 1.71. The molecule has 1 aromatic carbocycles. The normalized spacial score (nSPS) is 23.6. The van der Waals surface area contributed by atoms with E-state index in [9.17, 15) is 0 Å². The number of ether oxygens (including phenoxy) is 1. The fraction of sp³-hybridized carbons (Fsp3) is 0.385. The summed E-state index contributed by atoms with van der Waals surface area (Å²) in [6.07, 6.45) is 1.11. The Bertz CT molecular complexity index is 392. The second kappa shape index (κ2) is 2.88. The van der Waals surface area contributed by atoms with Crippen molar-refractivity contribution in [2.24, 2.45) is 0 Å². The van der Waals surface area contributed by atoms with Crippen LogP contribution in [-0.4, -0.2) is 7.11 Å². The molecule has 0 heterocycles. The summed E-state index contributed by atoms with van der Waals surface area (Å²) in [5.74, 6) is 0.941. The van der Waals surface area contributed by atoms with Crippen LogP contribution in [0.4, 0.5) is 0 Å². The van der Waals surface area contributed by atoms with Crippen LogP contribution in [0.2, 0.25) is 0 Å². The molecule has 0 saturated heterocycles. The Morgan fingerprint density at radius 2 is 2.21 bits per heavy atom. The van der Waals surface area contributed by atoms with Gasteiger partial charge >= 0.3 is 0 Å². The van der Waals surface area contributed by atoms with Gasteiger partial charge in [0.15, 0.2) is 0 Å². The van der Waals surface area contributed by atoms with Crippen molar-refractivity contribution >= 4 is 0 Å². The van der Waals surface area contributed by atoms with Gasteiger partial charge in [-0.3, -0.25) is 0 Å². The first-order valence-electron chi connectivity index (χ1n) is 4.91. The van der Waals surface area contributed by atoms with Crippen LogP contribution in [-0.2, 0) is 11.8 Å². The standard InChI is InChI=1S/C13H16O/c1-9(2)13(3)8-10-5-6-11(14-4)7-12(10)13/h5-7H,1,8H2,2-4H3. The molecular formula is C13H16O. The van der Waals surface area contributed by atoms with Crippen molar-refractivity contribution in [1.82, 2.24) is 0 Å². The molecule has 0 amide bonds. The van der Waals surface area contributed by atoms with Crippen LogP contribution in [0.3, 0.4) is 0 Å². The van der Waals surface area contributed by atoms with E-state index in [1.54, 1.807) is 7.11 Å². The molecule has 1 aromatic rings. The van der Waals surface area contributed by atoms with Gasteiger partial charge in [-0.2, -0.15) is 0 Å². The average molecular weight is 188 g/mol. The highest BCUT2D eigenvalue weighted by molar-refractivity contribution is 5.53. The van der Waals surface area contributed by atoms with Crippen LogP contribution in [0.15, 0.2) is 30.4 Å². The van der Waals surface area contributed by atoms with Crippen molar-refractivity contribution in [1.29, 1.82) is 0 Å². The maximum absolute atomic E-state index is 5.23. The third-order valence-electron chi connectivity index (χ3n) is 3.40. The van der Waals surface area contributed by atoms with E-state index in [-0.39, 0.29) is 5.41 Å². The molecule has 1 atom stereocenters. The van der Waals surface area contributed by atoms with Crippen LogP contribution in [0, 0.1) is 0 Å². The molecule has 0 aromatic heterocycles. The molecule has 1 nitrogen and oxygen atoms in total. The Balaban J connectivity index is 2.45. The van der Waals surface area contributed by atoms with Crippen molar-refractivity contribution in [3.63, 3.8) is 0 Å². The lowest BCUT2D eigenvalue weighted by atomic mass is 9.62. The molecular weight excluding hydrogens is 172 g/mol. The number of benzene rings is 1. The number of fused-ring (bicyclic) bond motifs is 1. The van der Waals surface area contributed by atoms with Crippen LogP contribution in [0.1, 0.15) is 25.0 Å². The van der Waals surface area contributed by atoms with Gasteiger partial charge in [-0.1, -0.05) is 25.1 Å². The van der Waals surface area contributed by atoms with Gasteiger partial charge in [0.1, 0.15) is 5.75 Å². The lowest BCUT2D eigenvalue weighted by Gasteiger charge is -2.42. The van der Waals surface area contributed by atoms with Crippen molar-refractivity contribution in [3.8, 4) is 5.75 Å². The minimum absolute atomic E-state index is 0.171. The van der Waals surface area contributed by atoms with Gasteiger partial charge in [-0.05, 0) is 36.6 Å². The van der Waals surface area contributed by atoms with Gasteiger partial charge in [0.05, 0.1) is 7.11 Å². The largest absolute Gasteiger partial charge is 0.497 e. The minimum Gasteiger partial charge on any atom is -0.497 e.